The van der Waals surface area contributed by atoms with Crippen molar-refractivity contribution >= 4 is 22.5 Å². The molecule has 0 saturated heterocycles. The van der Waals surface area contributed by atoms with Gasteiger partial charge in [0.1, 0.15) is 5.82 Å². The highest BCUT2D eigenvalue weighted by Crippen LogP contribution is 2.26. The van der Waals surface area contributed by atoms with Crippen LogP contribution >= 0.6 is 11.6 Å². The fourth-order valence-corrected chi connectivity index (χ4v) is 2.37. The van der Waals surface area contributed by atoms with Gasteiger partial charge in [-0.05, 0) is 41.5 Å². The molecule has 3 aromatic rings. The largest absolute Gasteiger partial charge is 0.320 e. The summed E-state index contributed by atoms with van der Waals surface area (Å²) in [6, 6.07) is 13.9. The zero-order valence-corrected chi connectivity index (χ0v) is 11.3. The molecule has 2 aromatic carbocycles. The molecule has 0 radical (unpaired) electrons. The molecule has 100 valence electrons. The monoisotopic (exact) mass is 286 g/mol. The average molecular weight is 287 g/mol. The van der Waals surface area contributed by atoms with Crippen LogP contribution in [0.3, 0.4) is 0 Å². The molecule has 1 atom stereocenters. The second kappa shape index (κ2) is 5.19. The molecule has 0 aliphatic heterocycles. The van der Waals surface area contributed by atoms with Gasteiger partial charge in [-0.1, -0.05) is 29.8 Å². The Bertz CT molecular complexity index is 773. The number of nitrogens with two attached hydrogens (primary N) is 1. The molecule has 0 fully saturated rings. The first kappa shape index (κ1) is 13.0. The first-order valence-electron chi connectivity index (χ1n) is 6.20. The van der Waals surface area contributed by atoms with Gasteiger partial charge in [-0.3, -0.25) is 4.98 Å². The van der Waals surface area contributed by atoms with Crippen LogP contribution in [-0.2, 0) is 0 Å². The van der Waals surface area contributed by atoms with Crippen LogP contribution in [0.5, 0.6) is 0 Å². The van der Waals surface area contributed by atoms with E-state index in [0.717, 1.165) is 22.0 Å². The molecular formula is C16H12ClFN2. The van der Waals surface area contributed by atoms with Gasteiger partial charge < -0.3 is 5.73 Å². The zero-order valence-electron chi connectivity index (χ0n) is 10.6. The number of hydrogen-bond donors (Lipinski definition) is 1. The summed E-state index contributed by atoms with van der Waals surface area (Å²) in [4.78, 5) is 4.27. The van der Waals surface area contributed by atoms with E-state index >= 15 is 0 Å². The van der Waals surface area contributed by atoms with E-state index in [1.807, 2.05) is 30.3 Å². The average Bonchev–Trinajstić information content (AvgIpc) is 2.49. The third kappa shape index (κ3) is 2.38. The summed E-state index contributed by atoms with van der Waals surface area (Å²) >= 11 is 5.80. The van der Waals surface area contributed by atoms with E-state index < -0.39 is 5.82 Å². The second-order valence-electron chi connectivity index (χ2n) is 4.61. The molecule has 3 rings (SSSR count). The summed E-state index contributed by atoms with van der Waals surface area (Å²) in [5.41, 5.74) is 8.86. The first-order valence-corrected chi connectivity index (χ1v) is 6.58. The topological polar surface area (TPSA) is 38.9 Å². The fraction of sp³-hybridized carbons (Fsp3) is 0.0625. The summed E-state index contributed by atoms with van der Waals surface area (Å²) in [6.07, 6.45) is 1.75. The van der Waals surface area contributed by atoms with Crippen molar-refractivity contribution in [2.24, 2.45) is 5.73 Å². The number of rotatable bonds is 2. The minimum absolute atomic E-state index is 0.0837. The maximum atomic E-state index is 13.2. The maximum absolute atomic E-state index is 13.2. The molecule has 2 N–H and O–H groups in total. The predicted molar refractivity (Wildman–Crippen MR) is 79.2 cm³/mol. The summed E-state index contributed by atoms with van der Waals surface area (Å²) in [5.74, 6) is -0.440. The molecule has 0 amide bonds. The van der Waals surface area contributed by atoms with Crippen LogP contribution in [0.1, 0.15) is 17.2 Å². The lowest BCUT2D eigenvalue weighted by Crippen LogP contribution is -2.11. The third-order valence-corrected chi connectivity index (χ3v) is 3.58. The minimum atomic E-state index is -0.440. The van der Waals surface area contributed by atoms with Crippen LogP contribution in [0.2, 0.25) is 5.02 Å². The molecule has 0 saturated carbocycles. The summed E-state index contributed by atoms with van der Waals surface area (Å²) in [5, 5.41) is 1.11. The van der Waals surface area contributed by atoms with Crippen LogP contribution < -0.4 is 5.73 Å². The standard InChI is InChI=1S/C16H12ClFN2/c17-13-9-12(3-5-14(13)18)16(19)11-4-6-15-10(8-11)2-1-7-20-15/h1-9,16H,19H2. The predicted octanol–water partition coefficient (Wildman–Crippen LogP) is 4.08. The van der Waals surface area contributed by atoms with E-state index in [2.05, 4.69) is 4.98 Å². The molecule has 1 heterocycles. The Balaban J connectivity index is 2.02. The fourth-order valence-electron chi connectivity index (χ4n) is 2.19. The minimum Gasteiger partial charge on any atom is -0.320 e. The van der Waals surface area contributed by atoms with Gasteiger partial charge in [-0.15, -0.1) is 0 Å². The van der Waals surface area contributed by atoms with E-state index in [0.29, 0.717) is 0 Å². The summed E-state index contributed by atoms with van der Waals surface area (Å²) in [7, 11) is 0. The van der Waals surface area contributed by atoms with Gasteiger partial charge in [-0.2, -0.15) is 0 Å². The van der Waals surface area contributed by atoms with E-state index in [1.54, 1.807) is 18.3 Å². The van der Waals surface area contributed by atoms with Crippen LogP contribution in [0.25, 0.3) is 10.9 Å². The summed E-state index contributed by atoms with van der Waals surface area (Å²) < 4.78 is 13.2. The van der Waals surface area contributed by atoms with Gasteiger partial charge in [0.2, 0.25) is 0 Å². The number of halogens is 2. The SMILES string of the molecule is NC(c1ccc(F)c(Cl)c1)c1ccc2ncccc2c1. The number of fused-ring (bicyclic) bond motifs is 1. The molecule has 20 heavy (non-hydrogen) atoms. The highest BCUT2D eigenvalue weighted by atomic mass is 35.5. The number of nitrogens with zero attached hydrogens (tertiary/aromatic N) is 1. The van der Waals surface area contributed by atoms with E-state index in [4.69, 9.17) is 17.3 Å². The van der Waals surface area contributed by atoms with Crippen molar-refractivity contribution in [3.8, 4) is 0 Å². The van der Waals surface area contributed by atoms with Gasteiger partial charge >= 0.3 is 0 Å². The van der Waals surface area contributed by atoms with E-state index in [1.165, 1.54) is 6.07 Å². The molecule has 4 heteroatoms. The zero-order chi connectivity index (χ0) is 14.1. The molecular weight excluding hydrogens is 275 g/mol. The molecule has 0 bridgehead atoms. The lowest BCUT2D eigenvalue weighted by atomic mass is 9.98. The molecule has 2 nitrogen and oxygen atoms in total. The molecule has 1 unspecified atom stereocenters. The quantitative estimate of drug-likeness (QED) is 0.771. The van der Waals surface area contributed by atoms with Crippen LogP contribution in [0.15, 0.2) is 54.7 Å². The Hall–Kier alpha value is -1.97. The van der Waals surface area contributed by atoms with Gasteiger partial charge in [-0.25, -0.2) is 4.39 Å². The van der Waals surface area contributed by atoms with Crippen molar-refractivity contribution in [3.63, 3.8) is 0 Å². The van der Waals surface area contributed by atoms with Crippen LogP contribution in [0.4, 0.5) is 4.39 Å². The van der Waals surface area contributed by atoms with Crippen molar-refractivity contribution in [3.05, 3.63) is 76.7 Å². The third-order valence-electron chi connectivity index (χ3n) is 3.29. The van der Waals surface area contributed by atoms with E-state index in [-0.39, 0.29) is 11.1 Å². The Kier molecular flexibility index (Phi) is 3.38. The second-order valence-corrected chi connectivity index (χ2v) is 5.01. The van der Waals surface area contributed by atoms with Crippen molar-refractivity contribution < 1.29 is 4.39 Å². The van der Waals surface area contributed by atoms with Gasteiger partial charge in [0.25, 0.3) is 0 Å². The molecule has 0 aliphatic rings. The molecule has 1 aromatic heterocycles. The molecule has 0 spiro atoms. The number of benzene rings is 2. The van der Waals surface area contributed by atoms with Crippen molar-refractivity contribution in [1.29, 1.82) is 0 Å². The highest BCUT2D eigenvalue weighted by Gasteiger charge is 2.11. The Morgan fingerprint density at radius 2 is 1.80 bits per heavy atom. The highest BCUT2D eigenvalue weighted by molar-refractivity contribution is 6.30. The maximum Gasteiger partial charge on any atom is 0.141 e. The van der Waals surface area contributed by atoms with Crippen molar-refractivity contribution in [1.82, 2.24) is 4.98 Å². The lowest BCUT2D eigenvalue weighted by Gasteiger charge is -2.13. The Morgan fingerprint density at radius 3 is 2.60 bits per heavy atom. The van der Waals surface area contributed by atoms with Crippen molar-refractivity contribution in [2.45, 2.75) is 6.04 Å². The number of hydrogen-bond acceptors (Lipinski definition) is 2. The Morgan fingerprint density at radius 1 is 1.05 bits per heavy atom. The normalized spacial score (nSPS) is 12.6. The van der Waals surface area contributed by atoms with Gasteiger partial charge in [0.15, 0.2) is 0 Å². The van der Waals surface area contributed by atoms with Crippen molar-refractivity contribution in [2.75, 3.05) is 0 Å². The van der Waals surface area contributed by atoms with Gasteiger partial charge in [0, 0.05) is 11.6 Å². The number of aromatic nitrogens is 1. The Labute approximate surface area is 121 Å². The van der Waals surface area contributed by atoms with Crippen LogP contribution in [0, 0.1) is 5.82 Å². The van der Waals surface area contributed by atoms with Gasteiger partial charge in [0.05, 0.1) is 16.6 Å². The number of pyridine rings is 1. The first-order chi connectivity index (χ1) is 9.65. The van der Waals surface area contributed by atoms with E-state index in [9.17, 15) is 4.39 Å². The van der Waals surface area contributed by atoms with Crippen LogP contribution in [-0.4, -0.2) is 4.98 Å². The summed E-state index contributed by atoms with van der Waals surface area (Å²) in [6.45, 7) is 0. The smallest absolute Gasteiger partial charge is 0.141 e. The lowest BCUT2D eigenvalue weighted by molar-refractivity contribution is 0.627. The molecule has 0 aliphatic carbocycles.